The number of nitrogens with zero attached hydrogens (tertiary/aromatic N) is 2. The van der Waals surface area contributed by atoms with E-state index in [4.69, 9.17) is 11.5 Å². The molecule has 1 aromatic carbocycles. The van der Waals surface area contributed by atoms with Gasteiger partial charge in [-0.3, -0.25) is 4.79 Å². The molecule has 0 unspecified atom stereocenters. The van der Waals surface area contributed by atoms with Gasteiger partial charge in [0.2, 0.25) is 0 Å². The minimum atomic E-state index is -0.620. The molecule has 1 amide bonds. The zero-order valence-corrected chi connectivity index (χ0v) is 9.64. The van der Waals surface area contributed by atoms with Gasteiger partial charge in [-0.15, -0.1) is 0 Å². The first kappa shape index (κ1) is 12.3. The van der Waals surface area contributed by atoms with Gasteiger partial charge in [-0.05, 0) is 31.2 Å². The topological polar surface area (TPSA) is 86.9 Å². The molecular formula is C12H13FN4O. The van der Waals surface area contributed by atoms with Crippen molar-refractivity contribution < 1.29 is 9.18 Å². The van der Waals surface area contributed by atoms with Crippen LogP contribution in [0.1, 0.15) is 16.1 Å². The Labute approximate surface area is 103 Å². The summed E-state index contributed by atoms with van der Waals surface area (Å²) in [7, 11) is 0. The van der Waals surface area contributed by atoms with Gasteiger partial charge in [0, 0.05) is 11.8 Å². The highest BCUT2D eigenvalue weighted by Crippen LogP contribution is 2.18. The van der Waals surface area contributed by atoms with Crippen LogP contribution in [0.5, 0.6) is 0 Å². The number of hydrogen-bond donors (Lipinski definition) is 2. The van der Waals surface area contributed by atoms with Crippen LogP contribution in [0.25, 0.3) is 5.69 Å². The third kappa shape index (κ3) is 2.23. The van der Waals surface area contributed by atoms with Crippen LogP contribution in [0.2, 0.25) is 0 Å². The minimum Gasteiger partial charge on any atom is -0.364 e. The Morgan fingerprint density at radius 3 is 2.78 bits per heavy atom. The summed E-state index contributed by atoms with van der Waals surface area (Å²) in [5.41, 5.74) is 11.8. The molecule has 1 aromatic heterocycles. The first-order valence-corrected chi connectivity index (χ1v) is 5.47. The van der Waals surface area contributed by atoms with Crippen molar-refractivity contribution >= 4 is 5.91 Å². The van der Waals surface area contributed by atoms with E-state index in [0.717, 1.165) is 0 Å². The third-order valence-corrected chi connectivity index (χ3v) is 2.58. The molecule has 0 spiro atoms. The van der Waals surface area contributed by atoms with E-state index in [9.17, 15) is 9.18 Å². The SMILES string of the molecule is NCCc1c(F)cccc1-n1ccc(C(N)=O)n1. The normalized spacial score (nSPS) is 10.6. The lowest BCUT2D eigenvalue weighted by atomic mass is 10.1. The number of hydrogen-bond acceptors (Lipinski definition) is 3. The van der Waals surface area contributed by atoms with E-state index in [2.05, 4.69) is 5.10 Å². The predicted molar refractivity (Wildman–Crippen MR) is 64.8 cm³/mol. The second-order valence-electron chi connectivity index (χ2n) is 3.79. The van der Waals surface area contributed by atoms with Crippen molar-refractivity contribution in [3.63, 3.8) is 0 Å². The molecule has 2 aromatic rings. The Morgan fingerprint density at radius 1 is 1.39 bits per heavy atom. The molecular weight excluding hydrogens is 235 g/mol. The molecule has 94 valence electrons. The Morgan fingerprint density at radius 2 is 2.17 bits per heavy atom. The molecule has 0 bridgehead atoms. The molecule has 0 aliphatic carbocycles. The highest BCUT2D eigenvalue weighted by molar-refractivity contribution is 5.90. The molecule has 0 fully saturated rings. The van der Waals surface area contributed by atoms with Crippen molar-refractivity contribution in [1.82, 2.24) is 9.78 Å². The molecule has 18 heavy (non-hydrogen) atoms. The zero-order valence-electron chi connectivity index (χ0n) is 9.64. The van der Waals surface area contributed by atoms with E-state index < -0.39 is 5.91 Å². The van der Waals surface area contributed by atoms with Gasteiger partial charge in [-0.1, -0.05) is 6.07 Å². The largest absolute Gasteiger partial charge is 0.364 e. The maximum absolute atomic E-state index is 13.7. The summed E-state index contributed by atoms with van der Waals surface area (Å²) >= 11 is 0. The average molecular weight is 248 g/mol. The van der Waals surface area contributed by atoms with E-state index in [1.165, 1.54) is 16.8 Å². The van der Waals surface area contributed by atoms with Crippen molar-refractivity contribution in [3.05, 3.63) is 47.5 Å². The van der Waals surface area contributed by atoms with Crippen LogP contribution in [0.15, 0.2) is 30.5 Å². The molecule has 0 aliphatic rings. The van der Waals surface area contributed by atoms with Crippen LogP contribution in [0, 0.1) is 5.82 Å². The summed E-state index contributed by atoms with van der Waals surface area (Å²) in [6.45, 7) is 0.331. The Bertz CT molecular complexity index is 579. The van der Waals surface area contributed by atoms with Crippen molar-refractivity contribution in [2.75, 3.05) is 6.54 Å². The van der Waals surface area contributed by atoms with Crippen LogP contribution in [0.4, 0.5) is 4.39 Å². The van der Waals surface area contributed by atoms with Gasteiger partial charge in [0.1, 0.15) is 11.5 Å². The van der Waals surface area contributed by atoms with E-state index in [0.29, 0.717) is 24.2 Å². The number of rotatable bonds is 4. The summed E-state index contributed by atoms with van der Waals surface area (Å²) in [6.07, 6.45) is 1.96. The second kappa shape index (κ2) is 4.97. The smallest absolute Gasteiger partial charge is 0.269 e. The van der Waals surface area contributed by atoms with Gasteiger partial charge >= 0.3 is 0 Å². The number of carbonyl (C=O) groups is 1. The van der Waals surface area contributed by atoms with Crippen LogP contribution < -0.4 is 11.5 Å². The second-order valence-corrected chi connectivity index (χ2v) is 3.79. The molecule has 5 nitrogen and oxygen atoms in total. The van der Waals surface area contributed by atoms with Crippen LogP contribution in [-0.2, 0) is 6.42 Å². The lowest BCUT2D eigenvalue weighted by molar-refractivity contribution is 0.0995. The summed E-state index contributed by atoms with van der Waals surface area (Å²) in [4.78, 5) is 11.0. The monoisotopic (exact) mass is 248 g/mol. The molecule has 0 aliphatic heterocycles. The Kier molecular flexibility index (Phi) is 3.38. The molecule has 0 atom stereocenters. The number of benzene rings is 1. The summed E-state index contributed by atoms with van der Waals surface area (Å²) in [5, 5.41) is 4.00. The lowest BCUT2D eigenvalue weighted by Crippen LogP contribution is -2.13. The first-order chi connectivity index (χ1) is 8.63. The van der Waals surface area contributed by atoms with E-state index in [-0.39, 0.29) is 11.5 Å². The number of carbonyl (C=O) groups excluding carboxylic acids is 1. The van der Waals surface area contributed by atoms with Crippen LogP contribution in [-0.4, -0.2) is 22.2 Å². The molecule has 4 N–H and O–H groups in total. The van der Waals surface area contributed by atoms with Crippen molar-refractivity contribution in [2.24, 2.45) is 11.5 Å². The fourth-order valence-corrected chi connectivity index (χ4v) is 1.74. The maximum atomic E-state index is 13.7. The Hall–Kier alpha value is -2.21. The van der Waals surface area contributed by atoms with E-state index in [1.807, 2.05) is 0 Å². The number of amides is 1. The third-order valence-electron chi connectivity index (χ3n) is 2.58. The molecule has 0 saturated carbocycles. The summed E-state index contributed by atoms with van der Waals surface area (Å²) in [6, 6.07) is 6.15. The molecule has 0 radical (unpaired) electrons. The fraction of sp³-hybridized carbons (Fsp3) is 0.167. The molecule has 6 heteroatoms. The van der Waals surface area contributed by atoms with Gasteiger partial charge in [-0.25, -0.2) is 9.07 Å². The van der Waals surface area contributed by atoms with Gasteiger partial charge in [0.15, 0.2) is 0 Å². The van der Waals surface area contributed by atoms with E-state index >= 15 is 0 Å². The number of aromatic nitrogens is 2. The number of halogens is 1. The van der Waals surface area contributed by atoms with E-state index in [1.54, 1.807) is 18.3 Å². The lowest BCUT2D eigenvalue weighted by Gasteiger charge is -2.09. The standard InChI is InChI=1S/C12H13FN4O/c13-9-2-1-3-11(8(9)4-6-14)17-7-5-10(16-17)12(15)18/h1-3,5,7H,4,6,14H2,(H2,15,18). The average Bonchev–Trinajstić information content (AvgIpc) is 2.81. The summed E-state index contributed by atoms with van der Waals surface area (Å²) in [5.74, 6) is -0.959. The fourth-order valence-electron chi connectivity index (χ4n) is 1.74. The van der Waals surface area contributed by atoms with Crippen LogP contribution >= 0.6 is 0 Å². The molecule has 1 heterocycles. The van der Waals surface area contributed by atoms with Gasteiger partial charge in [0.05, 0.1) is 5.69 Å². The highest BCUT2D eigenvalue weighted by atomic mass is 19.1. The Balaban J connectivity index is 2.49. The van der Waals surface area contributed by atoms with Crippen molar-refractivity contribution in [1.29, 1.82) is 0 Å². The van der Waals surface area contributed by atoms with Crippen LogP contribution in [0.3, 0.4) is 0 Å². The van der Waals surface area contributed by atoms with Gasteiger partial charge < -0.3 is 11.5 Å². The first-order valence-electron chi connectivity index (χ1n) is 5.47. The number of nitrogens with two attached hydrogens (primary N) is 2. The minimum absolute atomic E-state index is 0.137. The zero-order chi connectivity index (χ0) is 13.1. The molecule has 2 rings (SSSR count). The molecule has 0 saturated heterocycles. The predicted octanol–water partition coefficient (Wildman–Crippen LogP) is 0.611. The highest BCUT2D eigenvalue weighted by Gasteiger charge is 2.12. The van der Waals surface area contributed by atoms with Gasteiger partial charge in [-0.2, -0.15) is 5.10 Å². The number of primary amides is 1. The maximum Gasteiger partial charge on any atom is 0.269 e. The summed E-state index contributed by atoms with van der Waals surface area (Å²) < 4.78 is 15.1. The van der Waals surface area contributed by atoms with Crippen molar-refractivity contribution in [2.45, 2.75) is 6.42 Å². The quantitative estimate of drug-likeness (QED) is 0.831. The van der Waals surface area contributed by atoms with Gasteiger partial charge in [0.25, 0.3) is 5.91 Å². The van der Waals surface area contributed by atoms with Crippen molar-refractivity contribution in [3.8, 4) is 5.69 Å².